The van der Waals surface area contributed by atoms with Crippen molar-refractivity contribution in [2.24, 2.45) is 0 Å². The fraction of sp³-hybridized carbons (Fsp3) is 0.222. The van der Waals surface area contributed by atoms with Crippen LogP contribution in [0.5, 0.6) is 0 Å². The summed E-state index contributed by atoms with van der Waals surface area (Å²) in [6, 6.07) is 10.9. The van der Waals surface area contributed by atoms with Gasteiger partial charge in [-0.15, -0.1) is 0 Å². The maximum atomic E-state index is 12.5. The van der Waals surface area contributed by atoms with Crippen LogP contribution in [-0.2, 0) is 16.1 Å². The Morgan fingerprint density at radius 2 is 2.08 bits per heavy atom. The maximum absolute atomic E-state index is 12.5. The Labute approximate surface area is 151 Å². The van der Waals surface area contributed by atoms with Crippen molar-refractivity contribution in [2.75, 3.05) is 20.3 Å². The van der Waals surface area contributed by atoms with Crippen molar-refractivity contribution in [3.8, 4) is 0 Å². The molecule has 2 aromatic rings. The number of ether oxygens (including phenoxy) is 1. The molecule has 0 spiro atoms. The molecule has 1 aromatic carbocycles. The highest BCUT2D eigenvalue weighted by Gasteiger charge is 2.12. The molecule has 0 N–H and O–H groups in total. The number of hydrogen-bond donors (Lipinski definition) is 0. The molecule has 1 amide bonds. The second-order valence-electron chi connectivity index (χ2n) is 5.05. The molecule has 1 aromatic heterocycles. The van der Waals surface area contributed by atoms with E-state index in [2.05, 4.69) is 4.98 Å². The summed E-state index contributed by atoms with van der Waals surface area (Å²) in [7, 11) is 1.60. The molecule has 0 fully saturated rings. The van der Waals surface area contributed by atoms with E-state index >= 15 is 0 Å². The number of amides is 1. The van der Waals surface area contributed by atoms with Crippen LogP contribution in [0.1, 0.15) is 11.3 Å². The highest BCUT2D eigenvalue weighted by molar-refractivity contribution is 6.42. The van der Waals surface area contributed by atoms with Crippen LogP contribution >= 0.6 is 23.2 Å². The molecule has 0 unspecified atom stereocenters. The van der Waals surface area contributed by atoms with E-state index in [1.807, 2.05) is 18.2 Å². The first-order valence-corrected chi connectivity index (χ1v) is 8.17. The number of carbonyl (C=O) groups excluding carboxylic acids is 1. The number of carbonyl (C=O) groups is 1. The highest BCUT2D eigenvalue weighted by atomic mass is 35.5. The van der Waals surface area contributed by atoms with Gasteiger partial charge in [-0.05, 0) is 29.8 Å². The molecule has 6 heteroatoms. The minimum Gasteiger partial charge on any atom is -0.383 e. The van der Waals surface area contributed by atoms with Gasteiger partial charge in [-0.1, -0.05) is 41.4 Å². The average Bonchev–Trinajstić information content (AvgIpc) is 2.60. The number of methoxy groups -OCH3 is 1. The summed E-state index contributed by atoms with van der Waals surface area (Å²) in [6.45, 7) is 1.33. The number of rotatable bonds is 7. The lowest BCUT2D eigenvalue weighted by Crippen LogP contribution is -2.32. The number of benzene rings is 1. The molecule has 126 valence electrons. The van der Waals surface area contributed by atoms with E-state index in [1.165, 1.54) is 6.08 Å². The van der Waals surface area contributed by atoms with E-state index in [9.17, 15) is 4.79 Å². The van der Waals surface area contributed by atoms with E-state index in [1.54, 1.807) is 42.5 Å². The molecular weight excluding hydrogens is 347 g/mol. The van der Waals surface area contributed by atoms with E-state index in [4.69, 9.17) is 27.9 Å². The highest BCUT2D eigenvalue weighted by Crippen LogP contribution is 2.26. The van der Waals surface area contributed by atoms with E-state index in [0.29, 0.717) is 35.3 Å². The van der Waals surface area contributed by atoms with Crippen molar-refractivity contribution >= 4 is 35.2 Å². The molecule has 0 aliphatic carbocycles. The number of hydrogen-bond acceptors (Lipinski definition) is 3. The Morgan fingerprint density at radius 1 is 1.25 bits per heavy atom. The predicted octanol–water partition coefficient (Wildman–Crippen LogP) is 4.08. The Balaban J connectivity index is 2.12. The maximum Gasteiger partial charge on any atom is 0.247 e. The number of nitrogens with zero attached hydrogens (tertiary/aromatic N) is 2. The molecule has 0 radical (unpaired) electrons. The largest absolute Gasteiger partial charge is 0.383 e. The normalized spacial score (nSPS) is 11.0. The van der Waals surface area contributed by atoms with E-state index in [-0.39, 0.29) is 5.91 Å². The van der Waals surface area contributed by atoms with Crippen LogP contribution in [0.25, 0.3) is 6.08 Å². The number of aromatic nitrogens is 1. The van der Waals surface area contributed by atoms with Crippen LogP contribution in [0.2, 0.25) is 10.0 Å². The summed E-state index contributed by atoms with van der Waals surface area (Å²) in [5, 5.41) is 0.882. The number of pyridine rings is 1. The Morgan fingerprint density at radius 3 is 2.79 bits per heavy atom. The molecule has 1 heterocycles. The summed E-state index contributed by atoms with van der Waals surface area (Å²) in [5.74, 6) is -0.145. The van der Waals surface area contributed by atoms with Gasteiger partial charge in [0.25, 0.3) is 0 Å². The lowest BCUT2D eigenvalue weighted by Gasteiger charge is -2.20. The van der Waals surface area contributed by atoms with Gasteiger partial charge < -0.3 is 9.64 Å². The van der Waals surface area contributed by atoms with Gasteiger partial charge in [-0.25, -0.2) is 0 Å². The molecule has 0 aliphatic heterocycles. The Kier molecular flexibility index (Phi) is 7.25. The third-order valence-electron chi connectivity index (χ3n) is 3.34. The summed E-state index contributed by atoms with van der Waals surface area (Å²) in [5.41, 5.74) is 1.51. The second-order valence-corrected chi connectivity index (χ2v) is 5.84. The molecule has 0 aliphatic rings. The van der Waals surface area contributed by atoms with Crippen molar-refractivity contribution in [2.45, 2.75) is 6.54 Å². The third kappa shape index (κ3) is 5.34. The van der Waals surface area contributed by atoms with Crippen LogP contribution in [0.4, 0.5) is 0 Å². The minimum absolute atomic E-state index is 0.145. The second kappa shape index (κ2) is 9.42. The van der Waals surface area contributed by atoms with Crippen molar-refractivity contribution in [1.29, 1.82) is 0 Å². The summed E-state index contributed by atoms with van der Waals surface area (Å²) in [6.07, 6.45) is 4.85. The van der Waals surface area contributed by atoms with Gasteiger partial charge in [-0.3, -0.25) is 9.78 Å². The van der Waals surface area contributed by atoms with Crippen LogP contribution in [-0.4, -0.2) is 36.1 Å². The lowest BCUT2D eigenvalue weighted by atomic mass is 10.2. The van der Waals surface area contributed by atoms with Crippen molar-refractivity contribution in [1.82, 2.24) is 9.88 Å². The fourth-order valence-electron chi connectivity index (χ4n) is 2.07. The molecule has 0 saturated heterocycles. The van der Waals surface area contributed by atoms with Crippen molar-refractivity contribution in [3.63, 3.8) is 0 Å². The molecule has 24 heavy (non-hydrogen) atoms. The van der Waals surface area contributed by atoms with Crippen LogP contribution in [0, 0.1) is 0 Å². The first-order valence-electron chi connectivity index (χ1n) is 7.41. The minimum atomic E-state index is -0.145. The zero-order chi connectivity index (χ0) is 17.4. The van der Waals surface area contributed by atoms with Crippen LogP contribution in [0.15, 0.2) is 48.7 Å². The molecular formula is C18H18Cl2N2O2. The van der Waals surface area contributed by atoms with Crippen molar-refractivity contribution in [3.05, 3.63) is 70.0 Å². The standard InChI is InChI=1S/C18H18Cl2N2O2/c1-24-12-11-22(13-15-6-2-3-10-21-15)17(23)9-8-14-5-4-7-16(19)18(14)20/h2-10H,11-13H2,1H3/b9-8+. The molecule has 2 rings (SSSR count). The third-order valence-corrected chi connectivity index (χ3v) is 4.18. The quantitative estimate of drug-likeness (QED) is 0.695. The van der Waals surface area contributed by atoms with Crippen molar-refractivity contribution < 1.29 is 9.53 Å². The molecule has 4 nitrogen and oxygen atoms in total. The van der Waals surface area contributed by atoms with Gasteiger partial charge in [0.2, 0.25) is 5.91 Å². The Hall–Kier alpha value is -1.88. The smallest absolute Gasteiger partial charge is 0.247 e. The monoisotopic (exact) mass is 364 g/mol. The van der Waals surface area contributed by atoms with Crippen LogP contribution < -0.4 is 0 Å². The SMILES string of the molecule is COCCN(Cc1ccccn1)C(=O)/C=C/c1cccc(Cl)c1Cl. The van der Waals surface area contributed by atoms with Gasteiger partial charge in [0.05, 0.1) is 28.9 Å². The Bertz CT molecular complexity index is 705. The summed E-state index contributed by atoms with van der Waals surface area (Å²) >= 11 is 12.1. The fourth-order valence-corrected chi connectivity index (χ4v) is 2.44. The number of halogens is 2. The summed E-state index contributed by atoms with van der Waals surface area (Å²) < 4.78 is 5.08. The molecule has 0 bridgehead atoms. The molecule has 0 atom stereocenters. The van der Waals surface area contributed by atoms with Gasteiger partial charge >= 0.3 is 0 Å². The molecule has 0 saturated carbocycles. The van der Waals surface area contributed by atoms with Gasteiger partial charge in [0.15, 0.2) is 0 Å². The van der Waals surface area contributed by atoms with E-state index in [0.717, 1.165) is 5.69 Å². The first kappa shape index (κ1) is 18.5. The topological polar surface area (TPSA) is 42.4 Å². The van der Waals surface area contributed by atoms with Crippen LogP contribution in [0.3, 0.4) is 0 Å². The predicted molar refractivity (Wildman–Crippen MR) is 97.0 cm³/mol. The van der Waals surface area contributed by atoms with Gasteiger partial charge in [0, 0.05) is 25.9 Å². The summed E-state index contributed by atoms with van der Waals surface area (Å²) in [4.78, 5) is 18.4. The van der Waals surface area contributed by atoms with Gasteiger partial charge in [-0.2, -0.15) is 0 Å². The average molecular weight is 365 g/mol. The van der Waals surface area contributed by atoms with Gasteiger partial charge in [0.1, 0.15) is 0 Å². The lowest BCUT2D eigenvalue weighted by molar-refractivity contribution is -0.127. The zero-order valence-electron chi connectivity index (χ0n) is 13.3. The van der Waals surface area contributed by atoms with E-state index < -0.39 is 0 Å². The zero-order valence-corrected chi connectivity index (χ0v) is 14.8. The first-order chi connectivity index (χ1) is 11.6.